The van der Waals surface area contributed by atoms with Gasteiger partial charge in [-0.1, -0.05) is 123 Å². The summed E-state index contributed by atoms with van der Waals surface area (Å²) in [6.45, 7) is 6.98. The molecule has 0 aromatic rings. The Morgan fingerprint density at radius 3 is 1.62 bits per heavy atom. The zero-order valence-electron chi connectivity index (χ0n) is 20.2. The smallest absolute Gasteiger partial charge is 0.0805 e. The molecule has 2 nitrogen and oxygen atoms in total. The van der Waals surface area contributed by atoms with Crippen molar-refractivity contribution in [1.82, 2.24) is 0 Å². The van der Waals surface area contributed by atoms with Crippen molar-refractivity contribution >= 4 is 0 Å². The van der Waals surface area contributed by atoms with Gasteiger partial charge in [-0.15, -0.1) is 0 Å². The predicted octanol–water partition coefficient (Wildman–Crippen LogP) is 8.86. The molecule has 1 atom stereocenters. The minimum Gasteiger partial charge on any atom is -0.379 e. The molecule has 0 aromatic carbocycles. The molecule has 1 aliphatic carbocycles. The largest absolute Gasteiger partial charge is 0.379 e. The van der Waals surface area contributed by atoms with Crippen LogP contribution in [0.1, 0.15) is 142 Å². The molecule has 0 saturated heterocycles. The van der Waals surface area contributed by atoms with Crippen LogP contribution in [0.3, 0.4) is 0 Å². The lowest BCUT2D eigenvalue weighted by Gasteiger charge is -2.16. The summed E-state index contributed by atoms with van der Waals surface area (Å²) in [4.78, 5) is 0. The maximum absolute atomic E-state index is 5.85. The second kappa shape index (κ2) is 21.2. The first kappa shape index (κ1) is 27.0. The molecule has 0 heterocycles. The molecule has 0 aromatic heterocycles. The molecule has 1 rings (SSSR count). The molecule has 0 aliphatic heterocycles. The van der Waals surface area contributed by atoms with Gasteiger partial charge < -0.3 is 9.47 Å². The van der Waals surface area contributed by atoms with Crippen LogP contribution in [-0.2, 0) is 9.47 Å². The molecule has 1 aliphatic rings. The van der Waals surface area contributed by atoms with Crippen molar-refractivity contribution < 1.29 is 9.47 Å². The molecule has 174 valence electrons. The normalized spacial score (nSPS) is 15.1. The van der Waals surface area contributed by atoms with Crippen LogP contribution in [0.5, 0.6) is 0 Å². The Balaban J connectivity index is 1.67. The third-order valence-corrected chi connectivity index (χ3v) is 6.46. The third kappa shape index (κ3) is 19.6. The Hall–Kier alpha value is -0.0800. The van der Waals surface area contributed by atoms with Gasteiger partial charge in [0.1, 0.15) is 0 Å². The van der Waals surface area contributed by atoms with Gasteiger partial charge in [-0.25, -0.2) is 0 Å². The summed E-state index contributed by atoms with van der Waals surface area (Å²) < 4.78 is 11.7. The summed E-state index contributed by atoms with van der Waals surface area (Å²) in [5.74, 6) is 1.14. The molecule has 1 unspecified atom stereocenters. The molecular formula is C27H54O2. The van der Waals surface area contributed by atoms with Crippen LogP contribution in [0, 0.1) is 5.92 Å². The van der Waals surface area contributed by atoms with Crippen LogP contribution < -0.4 is 0 Å². The van der Waals surface area contributed by atoms with Crippen molar-refractivity contribution in [3.63, 3.8) is 0 Å². The van der Waals surface area contributed by atoms with E-state index in [9.17, 15) is 0 Å². The van der Waals surface area contributed by atoms with Crippen molar-refractivity contribution in [3.05, 3.63) is 0 Å². The Labute approximate surface area is 183 Å². The Morgan fingerprint density at radius 2 is 1.14 bits per heavy atom. The van der Waals surface area contributed by atoms with Crippen LogP contribution >= 0.6 is 0 Å². The van der Waals surface area contributed by atoms with E-state index in [1.54, 1.807) is 0 Å². The molecule has 0 spiro atoms. The van der Waals surface area contributed by atoms with E-state index in [1.807, 2.05) is 0 Å². The summed E-state index contributed by atoms with van der Waals surface area (Å²) in [6, 6.07) is 0. The van der Waals surface area contributed by atoms with Crippen molar-refractivity contribution in [2.45, 2.75) is 148 Å². The minimum absolute atomic E-state index is 0.300. The molecule has 29 heavy (non-hydrogen) atoms. The fourth-order valence-corrected chi connectivity index (χ4v) is 4.06. The van der Waals surface area contributed by atoms with Crippen LogP contribution in [0.4, 0.5) is 0 Å². The predicted molar refractivity (Wildman–Crippen MR) is 128 cm³/mol. The van der Waals surface area contributed by atoms with E-state index in [4.69, 9.17) is 9.47 Å². The summed E-state index contributed by atoms with van der Waals surface area (Å²) in [5.41, 5.74) is 0. The lowest BCUT2D eigenvalue weighted by Crippen LogP contribution is -2.20. The first-order valence-electron chi connectivity index (χ1n) is 13.6. The van der Waals surface area contributed by atoms with Gasteiger partial charge in [-0.3, -0.25) is 0 Å². The van der Waals surface area contributed by atoms with Gasteiger partial charge in [0.05, 0.1) is 12.7 Å². The van der Waals surface area contributed by atoms with Crippen molar-refractivity contribution in [2.75, 3.05) is 19.8 Å². The lowest BCUT2D eigenvalue weighted by molar-refractivity contribution is -0.0197. The van der Waals surface area contributed by atoms with Gasteiger partial charge in [0.15, 0.2) is 0 Å². The van der Waals surface area contributed by atoms with Crippen LogP contribution in [0.15, 0.2) is 0 Å². The topological polar surface area (TPSA) is 18.5 Å². The zero-order valence-corrected chi connectivity index (χ0v) is 20.2. The molecule has 0 N–H and O–H groups in total. The molecule has 2 heteroatoms. The Bertz CT molecular complexity index is 314. The van der Waals surface area contributed by atoms with Gasteiger partial charge >= 0.3 is 0 Å². The van der Waals surface area contributed by atoms with E-state index < -0.39 is 0 Å². The standard InChI is InChI=1S/C27H54O2/c1-3-5-24-29-27(4-2)25-28-23-19-17-15-13-11-9-7-6-8-10-12-14-16-18-20-26-21-22-26/h26-27H,3-25H2,1-2H3. The zero-order chi connectivity index (χ0) is 20.8. The lowest BCUT2D eigenvalue weighted by atomic mass is 10.0. The average molecular weight is 411 g/mol. The monoisotopic (exact) mass is 410 g/mol. The highest BCUT2D eigenvalue weighted by molar-refractivity contribution is 4.72. The van der Waals surface area contributed by atoms with Crippen LogP contribution in [-0.4, -0.2) is 25.9 Å². The number of unbranched alkanes of at least 4 members (excludes halogenated alkanes) is 14. The molecular weight excluding hydrogens is 356 g/mol. The highest BCUT2D eigenvalue weighted by atomic mass is 16.5. The molecule has 1 fully saturated rings. The quantitative estimate of drug-likeness (QED) is 0.148. The molecule has 0 bridgehead atoms. The van der Waals surface area contributed by atoms with E-state index in [2.05, 4.69) is 13.8 Å². The SMILES string of the molecule is CCCCOC(CC)COCCCCCCCCCCCCCCCCC1CC1. The van der Waals surface area contributed by atoms with E-state index in [-0.39, 0.29) is 0 Å². The minimum atomic E-state index is 0.300. The summed E-state index contributed by atoms with van der Waals surface area (Å²) in [5, 5.41) is 0. The summed E-state index contributed by atoms with van der Waals surface area (Å²) in [7, 11) is 0. The van der Waals surface area contributed by atoms with Crippen molar-refractivity contribution in [3.8, 4) is 0 Å². The van der Waals surface area contributed by atoms with Crippen LogP contribution in [0.25, 0.3) is 0 Å². The number of rotatable bonds is 24. The highest BCUT2D eigenvalue weighted by Crippen LogP contribution is 2.34. The fraction of sp³-hybridized carbons (Fsp3) is 1.00. The summed E-state index contributed by atoms with van der Waals surface area (Å²) >= 11 is 0. The molecule has 1 saturated carbocycles. The Morgan fingerprint density at radius 1 is 0.621 bits per heavy atom. The second-order valence-electron chi connectivity index (χ2n) is 9.51. The van der Waals surface area contributed by atoms with E-state index in [0.717, 1.165) is 38.6 Å². The van der Waals surface area contributed by atoms with Gasteiger partial charge in [0.25, 0.3) is 0 Å². The number of hydrogen-bond acceptors (Lipinski definition) is 2. The second-order valence-corrected chi connectivity index (χ2v) is 9.51. The van der Waals surface area contributed by atoms with Gasteiger partial charge in [0, 0.05) is 13.2 Å². The maximum atomic E-state index is 5.85. The van der Waals surface area contributed by atoms with E-state index >= 15 is 0 Å². The first-order chi connectivity index (χ1) is 14.4. The summed E-state index contributed by atoms with van der Waals surface area (Å²) in [6.07, 6.45) is 28.4. The van der Waals surface area contributed by atoms with E-state index in [1.165, 1.54) is 116 Å². The Kier molecular flexibility index (Phi) is 19.7. The highest BCUT2D eigenvalue weighted by Gasteiger charge is 2.19. The van der Waals surface area contributed by atoms with Crippen molar-refractivity contribution in [1.29, 1.82) is 0 Å². The fourth-order valence-electron chi connectivity index (χ4n) is 4.06. The van der Waals surface area contributed by atoms with Gasteiger partial charge in [0.2, 0.25) is 0 Å². The first-order valence-corrected chi connectivity index (χ1v) is 13.6. The van der Waals surface area contributed by atoms with Gasteiger partial charge in [-0.2, -0.15) is 0 Å². The van der Waals surface area contributed by atoms with Crippen LogP contribution in [0.2, 0.25) is 0 Å². The molecule has 0 amide bonds. The number of hydrogen-bond donors (Lipinski definition) is 0. The average Bonchev–Trinajstić information content (AvgIpc) is 3.56. The molecule has 0 radical (unpaired) electrons. The number of ether oxygens (including phenoxy) is 2. The van der Waals surface area contributed by atoms with Gasteiger partial charge in [-0.05, 0) is 25.2 Å². The third-order valence-electron chi connectivity index (χ3n) is 6.46. The van der Waals surface area contributed by atoms with E-state index in [0.29, 0.717) is 6.10 Å². The van der Waals surface area contributed by atoms with Crippen molar-refractivity contribution in [2.24, 2.45) is 5.92 Å². The maximum Gasteiger partial charge on any atom is 0.0805 e.